The molecule has 0 aliphatic heterocycles. The summed E-state index contributed by atoms with van der Waals surface area (Å²) in [5.41, 5.74) is 8.49. The zero-order valence-corrected chi connectivity index (χ0v) is 13.5. The molecule has 0 fully saturated rings. The molecule has 4 nitrogen and oxygen atoms in total. The molecule has 2 aromatic rings. The van der Waals surface area contributed by atoms with Crippen LogP contribution in [0.4, 0.5) is 11.4 Å². The molecule has 4 heteroatoms. The number of benzene rings is 2. The molecule has 3 N–H and O–H groups in total. The predicted molar refractivity (Wildman–Crippen MR) is 94.7 cm³/mol. The number of hydrogen-bond acceptors (Lipinski definition) is 3. The molecule has 122 valence electrons. The Labute approximate surface area is 137 Å². The summed E-state index contributed by atoms with van der Waals surface area (Å²) in [5.74, 6) is 0.717. The summed E-state index contributed by atoms with van der Waals surface area (Å²) in [6.07, 6.45) is 3.18. The number of ether oxygens (including phenoxy) is 1. The van der Waals surface area contributed by atoms with E-state index in [1.165, 1.54) is 0 Å². The quantitative estimate of drug-likeness (QED) is 0.571. The van der Waals surface area contributed by atoms with Gasteiger partial charge in [-0.25, -0.2) is 0 Å². The number of anilines is 2. The first-order chi connectivity index (χ1) is 11.2. The third-order valence-electron chi connectivity index (χ3n) is 3.53. The van der Waals surface area contributed by atoms with Gasteiger partial charge in [-0.1, -0.05) is 37.6 Å². The predicted octanol–water partition coefficient (Wildman–Crippen LogP) is 4.02. The summed E-state index contributed by atoms with van der Waals surface area (Å²) in [6.45, 7) is 2.80. The third-order valence-corrected chi connectivity index (χ3v) is 3.53. The molecule has 1 amide bonds. The van der Waals surface area contributed by atoms with Gasteiger partial charge in [0.2, 0.25) is 5.91 Å². The molecule has 0 saturated heterocycles. The van der Waals surface area contributed by atoms with Gasteiger partial charge < -0.3 is 15.8 Å². The Balaban J connectivity index is 1.83. The third kappa shape index (κ3) is 5.66. The second-order valence-corrected chi connectivity index (χ2v) is 5.49. The van der Waals surface area contributed by atoms with Crippen LogP contribution in [0.25, 0.3) is 0 Å². The maximum absolute atomic E-state index is 11.9. The highest BCUT2D eigenvalue weighted by molar-refractivity contribution is 5.90. The number of carbonyl (C=O) groups excluding carboxylic acids is 1. The number of rotatable bonds is 8. The fourth-order valence-electron chi connectivity index (χ4n) is 2.21. The van der Waals surface area contributed by atoms with Crippen molar-refractivity contribution in [2.45, 2.75) is 32.6 Å². The van der Waals surface area contributed by atoms with E-state index in [2.05, 4.69) is 12.2 Å². The standard InChI is InChI=1S/C19H24N2O2/c1-2-3-13-23-18-11-9-15(14-17(18)20)10-12-19(22)21-16-7-5-4-6-8-16/h4-9,11,14H,2-3,10,12-13,20H2,1H3,(H,21,22). The van der Waals surface area contributed by atoms with Crippen molar-refractivity contribution in [3.8, 4) is 5.75 Å². The molecule has 0 heterocycles. The first-order valence-electron chi connectivity index (χ1n) is 8.05. The first kappa shape index (κ1) is 16.9. The summed E-state index contributed by atoms with van der Waals surface area (Å²) >= 11 is 0. The highest BCUT2D eigenvalue weighted by atomic mass is 16.5. The van der Waals surface area contributed by atoms with Gasteiger partial charge in [-0.2, -0.15) is 0 Å². The second kappa shape index (κ2) is 8.83. The average Bonchev–Trinajstić information content (AvgIpc) is 2.56. The molecule has 0 atom stereocenters. The first-order valence-corrected chi connectivity index (χ1v) is 8.05. The molecule has 0 aliphatic carbocycles. The molecular weight excluding hydrogens is 288 g/mol. The SMILES string of the molecule is CCCCOc1ccc(CCC(=O)Nc2ccccc2)cc1N. The lowest BCUT2D eigenvalue weighted by molar-refractivity contribution is -0.116. The summed E-state index contributed by atoms with van der Waals surface area (Å²) in [6, 6.07) is 15.2. The van der Waals surface area contributed by atoms with Crippen LogP contribution in [0.5, 0.6) is 5.75 Å². The minimum absolute atomic E-state index is 0.00181. The van der Waals surface area contributed by atoms with E-state index in [1.54, 1.807) is 0 Å². The lowest BCUT2D eigenvalue weighted by atomic mass is 10.1. The van der Waals surface area contributed by atoms with Gasteiger partial charge in [0, 0.05) is 12.1 Å². The van der Waals surface area contributed by atoms with Gasteiger partial charge in [0.05, 0.1) is 12.3 Å². The van der Waals surface area contributed by atoms with Crippen LogP contribution in [0, 0.1) is 0 Å². The fourth-order valence-corrected chi connectivity index (χ4v) is 2.21. The van der Waals surface area contributed by atoms with Crippen LogP contribution in [0.3, 0.4) is 0 Å². The van der Waals surface area contributed by atoms with Gasteiger partial charge >= 0.3 is 0 Å². The van der Waals surface area contributed by atoms with Crippen molar-refractivity contribution in [1.82, 2.24) is 0 Å². The van der Waals surface area contributed by atoms with Crippen LogP contribution >= 0.6 is 0 Å². The van der Waals surface area contributed by atoms with Crippen LogP contribution in [-0.2, 0) is 11.2 Å². The van der Waals surface area contributed by atoms with E-state index >= 15 is 0 Å². The van der Waals surface area contributed by atoms with Crippen molar-refractivity contribution in [2.75, 3.05) is 17.7 Å². The number of aryl methyl sites for hydroxylation is 1. The molecule has 23 heavy (non-hydrogen) atoms. The number of unbranched alkanes of at least 4 members (excludes halogenated alkanes) is 1. The van der Waals surface area contributed by atoms with E-state index in [0.717, 1.165) is 29.8 Å². The summed E-state index contributed by atoms with van der Waals surface area (Å²) in [5, 5.41) is 2.88. The number of carbonyl (C=O) groups is 1. The number of nitrogens with two attached hydrogens (primary N) is 1. The monoisotopic (exact) mass is 312 g/mol. The number of amides is 1. The Hall–Kier alpha value is -2.49. The van der Waals surface area contributed by atoms with Crippen molar-refractivity contribution in [3.05, 3.63) is 54.1 Å². The molecule has 0 radical (unpaired) electrons. The number of para-hydroxylation sites is 1. The molecule has 0 unspecified atom stereocenters. The minimum atomic E-state index is -0.00181. The van der Waals surface area contributed by atoms with Gasteiger partial charge in [-0.3, -0.25) is 4.79 Å². The summed E-state index contributed by atoms with van der Waals surface area (Å²) in [7, 11) is 0. The number of nitrogen functional groups attached to an aromatic ring is 1. The molecule has 2 aromatic carbocycles. The lowest BCUT2D eigenvalue weighted by Gasteiger charge is -2.10. The van der Waals surface area contributed by atoms with Crippen LogP contribution in [-0.4, -0.2) is 12.5 Å². The lowest BCUT2D eigenvalue weighted by Crippen LogP contribution is -2.12. The fraction of sp³-hybridized carbons (Fsp3) is 0.316. The Morgan fingerprint density at radius 3 is 2.65 bits per heavy atom. The molecule has 0 aromatic heterocycles. The van der Waals surface area contributed by atoms with Gasteiger partial charge in [0.25, 0.3) is 0 Å². The Morgan fingerprint density at radius 1 is 1.17 bits per heavy atom. The number of hydrogen-bond donors (Lipinski definition) is 2. The normalized spacial score (nSPS) is 10.3. The Kier molecular flexibility index (Phi) is 6.48. The summed E-state index contributed by atoms with van der Waals surface area (Å²) < 4.78 is 5.63. The largest absolute Gasteiger partial charge is 0.491 e. The molecule has 0 aliphatic rings. The molecule has 2 rings (SSSR count). The summed E-state index contributed by atoms with van der Waals surface area (Å²) in [4.78, 5) is 11.9. The van der Waals surface area contributed by atoms with Crippen molar-refractivity contribution < 1.29 is 9.53 Å². The van der Waals surface area contributed by atoms with E-state index in [0.29, 0.717) is 25.1 Å². The van der Waals surface area contributed by atoms with Gasteiger partial charge in [0.1, 0.15) is 5.75 Å². The van der Waals surface area contributed by atoms with E-state index in [4.69, 9.17) is 10.5 Å². The number of nitrogens with one attached hydrogen (secondary N) is 1. The van der Waals surface area contributed by atoms with Crippen LogP contribution in [0.15, 0.2) is 48.5 Å². The second-order valence-electron chi connectivity index (χ2n) is 5.49. The van der Waals surface area contributed by atoms with Gasteiger partial charge in [-0.05, 0) is 42.7 Å². The van der Waals surface area contributed by atoms with Crippen molar-refractivity contribution in [2.24, 2.45) is 0 Å². The van der Waals surface area contributed by atoms with Crippen molar-refractivity contribution in [1.29, 1.82) is 0 Å². The van der Waals surface area contributed by atoms with E-state index < -0.39 is 0 Å². The molecule has 0 spiro atoms. The average molecular weight is 312 g/mol. The van der Waals surface area contributed by atoms with Crippen molar-refractivity contribution >= 4 is 17.3 Å². The van der Waals surface area contributed by atoms with E-state index in [9.17, 15) is 4.79 Å². The van der Waals surface area contributed by atoms with Gasteiger partial charge in [0.15, 0.2) is 0 Å². The molecular formula is C19H24N2O2. The zero-order chi connectivity index (χ0) is 16.5. The van der Waals surface area contributed by atoms with Crippen LogP contribution < -0.4 is 15.8 Å². The van der Waals surface area contributed by atoms with Crippen LogP contribution in [0.1, 0.15) is 31.7 Å². The minimum Gasteiger partial charge on any atom is -0.491 e. The highest BCUT2D eigenvalue weighted by Gasteiger charge is 2.06. The topological polar surface area (TPSA) is 64.3 Å². The Bertz CT molecular complexity index is 627. The molecule has 0 bridgehead atoms. The Morgan fingerprint density at radius 2 is 1.96 bits per heavy atom. The maximum Gasteiger partial charge on any atom is 0.224 e. The van der Waals surface area contributed by atoms with Crippen LogP contribution in [0.2, 0.25) is 0 Å². The zero-order valence-electron chi connectivity index (χ0n) is 13.5. The van der Waals surface area contributed by atoms with Crippen molar-refractivity contribution in [3.63, 3.8) is 0 Å². The van der Waals surface area contributed by atoms with Gasteiger partial charge in [-0.15, -0.1) is 0 Å². The molecule has 0 saturated carbocycles. The highest BCUT2D eigenvalue weighted by Crippen LogP contribution is 2.23. The smallest absolute Gasteiger partial charge is 0.224 e. The van der Waals surface area contributed by atoms with E-state index in [1.807, 2.05) is 48.5 Å². The van der Waals surface area contributed by atoms with E-state index in [-0.39, 0.29) is 5.91 Å². The maximum atomic E-state index is 11.9.